The molecule has 0 amide bonds. The van der Waals surface area contributed by atoms with E-state index in [1.807, 2.05) is 41.5 Å². The van der Waals surface area contributed by atoms with Crippen LogP contribution in [0.3, 0.4) is 0 Å². The van der Waals surface area contributed by atoms with Crippen LogP contribution in [0.1, 0.15) is 41.5 Å². The molecule has 0 radical (unpaired) electrons. The number of hydrogen-bond acceptors (Lipinski definition) is 5. The fourth-order valence-electron chi connectivity index (χ4n) is 3.10. The number of rotatable bonds is 0. The van der Waals surface area contributed by atoms with Gasteiger partial charge in [0, 0.05) is 10.5 Å². The Morgan fingerprint density at radius 2 is 0.905 bits per heavy atom. The molecule has 4 nitrogen and oxygen atoms in total. The van der Waals surface area contributed by atoms with Gasteiger partial charge in [-0.25, -0.2) is 0 Å². The quantitative estimate of drug-likeness (QED) is 0.680. The molecule has 0 aromatic heterocycles. The van der Waals surface area contributed by atoms with Gasteiger partial charge in [-0.1, -0.05) is 41.5 Å². The molecule has 0 bridgehead atoms. The highest BCUT2D eigenvalue weighted by molar-refractivity contribution is 8.01. The van der Waals surface area contributed by atoms with Gasteiger partial charge >= 0.3 is 0 Å². The fraction of sp³-hybridized carbons (Fsp3) is 0.750. The second-order valence-corrected chi connectivity index (χ2v) is 8.91. The number of hydrogen-bond donors (Lipinski definition) is 0. The first-order valence-corrected chi connectivity index (χ1v) is 7.71. The van der Waals surface area contributed by atoms with Gasteiger partial charge in [-0.15, -0.1) is 11.8 Å². The van der Waals surface area contributed by atoms with Crippen LogP contribution in [0.2, 0.25) is 0 Å². The minimum atomic E-state index is -1.63. The van der Waals surface area contributed by atoms with E-state index in [-0.39, 0.29) is 10.8 Å². The van der Waals surface area contributed by atoms with E-state index < -0.39 is 21.3 Å². The molecule has 110 valence electrons. The van der Waals surface area contributed by atoms with Crippen LogP contribution in [0.25, 0.3) is 0 Å². The Bertz CT molecular complexity index is 513. The van der Waals surface area contributed by atoms with Crippen LogP contribution in [-0.4, -0.2) is 10.5 Å². The zero-order valence-electron chi connectivity index (χ0n) is 13.4. The fourth-order valence-corrected chi connectivity index (χ4v) is 5.18. The second kappa shape index (κ2) is 4.94. The maximum absolute atomic E-state index is 9.74. The van der Waals surface area contributed by atoms with Crippen LogP contribution in [-0.2, 0) is 0 Å². The Morgan fingerprint density at radius 3 is 1.05 bits per heavy atom. The monoisotopic (exact) mass is 300 g/mol. The van der Waals surface area contributed by atoms with Crippen molar-refractivity contribution in [3.8, 4) is 24.3 Å². The maximum atomic E-state index is 9.74. The molecule has 1 heterocycles. The molecule has 1 saturated heterocycles. The third-order valence-electron chi connectivity index (χ3n) is 3.96. The second-order valence-electron chi connectivity index (χ2n) is 7.69. The molecule has 1 aliphatic heterocycles. The normalized spacial score (nSPS) is 27.0. The van der Waals surface area contributed by atoms with Crippen LogP contribution < -0.4 is 0 Å². The Hall–Kier alpha value is -1.69. The topological polar surface area (TPSA) is 95.2 Å². The molecule has 0 aromatic carbocycles. The van der Waals surface area contributed by atoms with Gasteiger partial charge in [0.2, 0.25) is 0 Å². The zero-order chi connectivity index (χ0) is 16.7. The van der Waals surface area contributed by atoms with E-state index in [4.69, 9.17) is 0 Å². The van der Waals surface area contributed by atoms with Gasteiger partial charge in [0.15, 0.2) is 10.8 Å². The molecule has 0 aliphatic carbocycles. The van der Waals surface area contributed by atoms with Gasteiger partial charge in [0.1, 0.15) is 0 Å². The van der Waals surface area contributed by atoms with Gasteiger partial charge in [0.25, 0.3) is 0 Å². The molecule has 1 fully saturated rings. The van der Waals surface area contributed by atoms with Crippen molar-refractivity contribution < 1.29 is 0 Å². The SMILES string of the molecule is CC(C)(C)C1SC(C(C)(C)C)C(C#N)(C#N)C1(C#N)C#N. The molecule has 0 spiro atoms. The average molecular weight is 300 g/mol. The molecule has 21 heavy (non-hydrogen) atoms. The molecule has 0 N–H and O–H groups in total. The Kier molecular flexibility index (Phi) is 4.09. The van der Waals surface area contributed by atoms with E-state index in [2.05, 4.69) is 24.3 Å². The van der Waals surface area contributed by atoms with Crippen LogP contribution in [0, 0.1) is 67.0 Å². The van der Waals surface area contributed by atoms with Gasteiger partial charge in [-0.3, -0.25) is 0 Å². The molecule has 1 aliphatic rings. The largest absolute Gasteiger partial charge is 0.196 e. The number of nitrogens with zero attached hydrogens (tertiary/aromatic N) is 4. The lowest BCUT2D eigenvalue weighted by molar-refractivity contribution is 0.189. The third kappa shape index (κ3) is 2.18. The van der Waals surface area contributed by atoms with E-state index in [1.54, 1.807) is 0 Å². The highest BCUT2D eigenvalue weighted by atomic mass is 32.2. The average Bonchev–Trinajstić information content (AvgIpc) is 2.69. The predicted octanol–water partition coefficient (Wildman–Crippen LogP) is 3.63. The summed E-state index contributed by atoms with van der Waals surface area (Å²) < 4.78 is 0. The lowest BCUT2D eigenvalue weighted by Gasteiger charge is -2.37. The summed E-state index contributed by atoms with van der Waals surface area (Å²) in [6, 6.07) is 8.21. The van der Waals surface area contributed by atoms with Crippen molar-refractivity contribution in [3.63, 3.8) is 0 Å². The molecule has 2 unspecified atom stereocenters. The van der Waals surface area contributed by atoms with E-state index in [1.165, 1.54) is 11.8 Å². The van der Waals surface area contributed by atoms with E-state index in [0.717, 1.165) is 0 Å². The van der Waals surface area contributed by atoms with Crippen molar-refractivity contribution in [1.29, 1.82) is 21.0 Å². The van der Waals surface area contributed by atoms with Crippen molar-refractivity contribution in [2.75, 3.05) is 0 Å². The Morgan fingerprint density at radius 1 is 0.667 bits per heavy atom. The minimum Gasteiger partial charge on any atom is -0.196 e. The first-order valence-electron chi connectivity index (χ1n) is 6.77. The summed E-state index contributed by atoms with van der Waals surface area (Å²) in [6.45, 7) is 11.7. The smallest absolute Gasteiger partial charge is 0.188 e. The molecule has 1 rings (SSSR count). The van der Waals surface area contributed by atoms with Gasteiger partial charge < -0.3 is 0 Å². The molecule has 5 heteroatoms. The van der Waals surface area contributed by atoms with Crippen molar-refractivity contribution in [1.82, 2.24) is 0 Å². The van der Waals surface area contributed by atoms with Crippen molar-refractivity contribution in [2.24, 2.45) is 21.7 Å². The predicted molar refractivity (Wildman–Crippen MR) is 81.4 cm³/mol. The molecule has 2 atom stereocenters. The molecular weight excluding hydrogens is 280 g/mol. The number of thioether (sulfide) groups is 1. The van der Waals surface area contributed by atoms with Crippen molar-refractivity contribution >= 4 is 11.8 Å². The first-order chi connectivity index (χ1) is 9.46. The van der Waals surface area contributed by atoms with Crippen molar-refractivity contribution in [3.05, 3.63) is 0 Å². The van der Waals surface area contributed by atoms with Crippen LogP contribution >= 0.6 is 11.8 Å². The first kappa shape index (κ1) is 17.4. The summed E-state index contributed by atoms with van der Waals surface area (Å²) in [5.74, 6) is 0. The molecule has 0 saturated carbocycles. The lowest BCUT2D eigenvalue weighted by atomic mass is 9.56. The van der Waals surface area contributed by atoms with E-state index in [9.17, 15) is 21.0 Å². The minimum absolute atomic E-state index is 0.366. The van der Waals surface area contributed by atoms with Crippen LogP contribution in [0.4, 0.5) is 0 Å². The highest BCUT2D eigenvalue weighted by Crippen LogP contribution is 2.66. The van der Waals surface area contributed by atoms with E-state index >= 15 is 0 Å². The van der Waals surface area contributed by atoms with E-state index in [0.29, 0.717) is 0 Å². The molecular formula is C16H20N4S. The Balaban J connectivity index is 3.78. The molecule has 0 aromatic rings. The lowest BCUT2D eigenvalue weighted by Crippen LogP contribution is -2.49. The van der Waals surface area contributed by atoms with Gasteiger partial charge in [-0.05, 0) is 10.8 Å². The maximum Gasteiger partial charge on any atom is 0.188 e. The third-order valence-corrected chi connectivity index (χ3v) is 6.62. The summed E-state index contributed by atoms with van der Waals surface area (Å²) >= 11 is 1.45. The Labute approximate surface area is 131 Å². The summed E-state index contributed by atoms with van der Waals surface area (Å²) in [7, 11) is 0. The van der Waals surface area contributed by atoms with Gasteiger partial charge in [-0.2, -0.15) is 21.0 Å². The standard InChI is InChI=1S/C16H20N4S/c1-13(2,3)11-15(7-17,8-18)16(9-19,10-20)12(21-11)14(4,5)6/h11-12H,1-6H3. The van der Waals surface area contributed by atoms with Crippen molar-refractivity contribution in [2.45, 2.75) is 52.0 Å². The van der Waals surface area contributed by atoms with Gasteiger partial charge in [0.05, 0.1) is 24.3 Å². The summed E-state index contributed by atoms with van der Waals surface area (Å²) in [6.07, 6.45) is 0. The van der Waals surface area contributed by atoms with Crippen LogP contribution in [0.5, 0.6) is 0 Å². The summed E-state index contributed by atoms with van der Waals surface area (Å²) in [5, 5.41) is 38.2. The zero-order valence-corrected chi connectivity index (χ0v) is 14.2. The summed E-state index contributed by atoms with van der Waals surface area (Å²) in [4.78, 5) is 0. The number of nitriles is 4. The van der Waals surface area contributed by atoms with Crippen LogP contribution in [0.15, 0.2) is 0 Å². The highest BCUT2D eigenvalue weighted by Gasteiger charge is 2.72. The summed E-state index contributed by atoms with van der Waals surface area (Å²) in [5.41, 5.74) is -3.99.